The second-order valence-corrected chi connectivity index (χ2v) is 7.03. The standard InChI is InChI=1S/C10H16ClN3OS/c1-7(11)8-12-13-9(15-8)14-4-5-16-10(2,3)6-14/h7H,4-6H2,1-3H3. The lowest BCUT2D eigenvalue weighted by atomic mass is 10.2. The number of halogens is 1. The molecule has 4 nitrogen and oxygen atoms in total. The van der Waals surface area contributed by atoms with E-state index in [-0.39, 0.29) is 10.1 Å². The van der Waals surface area contributed by atoms with Gasteiger partial charge in [-0.3, -0.25) is 0 Å². The van der Waals surface area contributed by atoms with Crippen molar-refractivity contribution >= 4 is 29.4 Å². The number of hydrogen-bond donors (Lipinski definition) is 0. The number of hydrogen-bond acceptors (Lipinski definition) is 5. The molecule has 0 aliphatic carbocycles. The molecular formula is C10H16ClN3OS. The first-order valence-electron chi connectivity index (χ1n) is 5.34. The molecule has 1 unspecified atom stereocenters. The van der Waals surface area contributed by atoms with E-state index in [1.165, 1.54) is 0 Å². The van der Waals surface area contributed by atoms with Crippen molar-refractivity contribution in [2.24, 2.45) is 0 Å². The fourth-order valence-electron chi connectivity index (χ4n) is 1.69. The number of nitrogens with zero attached hydrogens (tertiary/aromatic N) is 3. The summed E-state index contributed by atoms with van der Waals surface area (Å²) in [6, 6.07) is 0.593. The van der Waals surface area contributed by atoms with Crippen LogP contribution in [0.4, 0.5) is 6.01 Å². The third-order valence-electron chi connectivity index (χ3n) is 2.47. The van der Waals surface area contributed by atoms with Gasteiger partial charge in [-0.1, -0.05) is 5.10 Å². The quantitative estimate of drug-likeness (QED) is 0.766. The highest BCUT2D eigenvalue weighted by Crippen LogP contribution is 2.32. The van der Waals surface area contributed by atoms with Gasteiger partial charge in [-0.05, 0) is 20.8 Å². The predicted octanol–water partition coefficient (Wildman–Crippen LogP) is 2.70. The Labute approximate surface area is 105 Å². The zero-order chi connectivity index (χ0) is 11.8. The Hall–Kier alpha value is -0.420. The molecule has 0 amide bonds. The number of thioether (sulfide) groups is 1. The van der Waals surface area contributed by atoms with Gasteiger partial charge in [-0.15, -0.1) is 16.7 Å². The first-order chi connectivity index (χ1) is 7.48. The SMILES string of the molecule is CC(Cl)c1nnc(N2CCSC(C)(C)C2)o1. The Morgan fingerprint density at radius 1 is 1.50 bits per heavy atom. The topological polar surface area (TPSA) is 42.2 Å². The van der Waals surface area contributed by atoms with Crippen LogP contribution in [0.2, 0.25) is 0 Å². The molecule has 0 radical (unpaired) electrons. The molecule has 1 aromatic rings. The third-order valence-corrected chi connectivity index (χ3v) is 3.95. The minimum Gasteiger partial charge on any atom is -0.406 e. The van der Waals surface area contributed by atoms with Crippen LogP contribution in [-0.4, -0.2) is 33.8 Å². The van der Waals surface area contributed by atoms with E-state index in [1.807, 2.05) is 18.7 Å². The van der Waals surface area contributed by atoms with Crippen molar-refractivity contribution in [3.8, 4) is 0 Å². The van der Waals surface area contributed by atoms with Crippen LogP contribution in [0, 0.1) is 0 Å². The van der Waals surface area contributed by atoms with Crippen LogP contribution in [0.3, 0.4) is 0 Å². The van der Waals surface area contributed by atoms with Gasteiger partial charge in [0.15, 0.2) is 0 Å². The molecule has 1 atom stereocenters. The van der Waals surface area contributed by atoms with Crippen molar-refractivity contribution in [3.63, 3.8) is 0 Å². The molecule has 0 spiro atoms. The highest BCUT2D eigenvalue weighted by atomic mass is 35.5. The molecule has 2 rings (SSSR count). The Kier molecular flexibility index (Phi) is 3.35. The number of aromatic nitrogens is 2. The molecule has 1 aromatic heterocycles. The Bertz CT molecular complexity index is 367. The van der Waals surface area contributed by atoms with Crippen molar-refractivity contribution in [2.45, 2.75) is 30.9 Å². The molecule has 1 saturated heterocycles. The number of alkyl halides is 1. The van der Waals surface area contributed by atoms with E-state index >= 15 is 0 Å². The molecule has 0 aromatic carbocycles. The first-order valence-corrected chi connectivity index (χ1v) is 6.76. The van der Waals surface area contributed by atoms with E-state index in [9.17, 15) is 0 Å². The zero-order valence-corrected chi connectivity index (χ0v) is 11.3. The minimum atomic E-state index is -0.228. The van der Waals surface area contributed by atoms with Crippen LogP contribution in [0.15, 0.2) is 4.42 Å². The molecule has 16 heavy (non-hydrogen) atoms. The van der Waals surface area contributed by atoms with Crippen LogP contribution in [0.5, 0.6) is 0 Å². The summed E-state index contributed by atoms with van der Waals surface area (Å²) in [4.78, 5) is 2.13. The maximum atomic E-state index is 5.89. The molecule has 1 aliphatic rings. The highest BCUT2D eigenvalue weighted by molar-refractivity contribution is 8.00. The summed E-state index contributed by atoms with van der Waals surface area (Å²) in [7, 11) is 0. The van der Waals surface area contributed by atoms with Crippen LogP contribution >= 0.6 is 23.4 Å². The van der Waals surface area contributed by atoms with Gasteiger partial charge in [0.1, 0.15) is 5.38 Å². The van der Waals surface area contributed by atoms with Crippen LogP contribution in [0.1, 0.15) is 32.0 Å². The van der Waals surface area contributed by atoms with Crippen molar-refractivity contribution < 1.29 is 4.42 Å². The van der Waals surface area contributed by atoms with E-state index in [4.69, 9.17) is 16.0 Å². The highest BCUT2D eigenvalue weighted by Gasteiger charge is 2.29. The number of anilines is 1. The maximum absolute atomic E-state index is 5.89. The molecule has 6 heteroatoms. The lowest BCUT2D eigenvalue weighted by Crippen LogP contribution is -2.43. The van der Waals surface area contributed by atoms with E-state index in [1.54, 1.807) is 0 Å². The monoisotopic (exact) mass is 261 g/mol. The number of rotatable bonds is 2. The Morgan fingerprint density at radius 2 is 2.25 bits per heavy atom. The fourth-order valence-corrected chi connectivity index (χ4v) is 2.89. The normalized spacial score (nSPS) is 22.1. The second kappa shape index (κ2) is 4.45. The van der Waals surface area contributed by atoms with Crippen molar-refractivity contribution in [1.29, 1.82) is 0 Å². The minimum absolute atomic E-state index is 0.228. The Morgan fingerprint density at radius 3 is 2.81 bits per heavy atom. The lowest BCUT2D eigenvalue weighted by molar-refractivity contribution is 0.475. The van der Waals surface area contributed by atoms with Crippen LogP contribution < -0.4 is 4.90 Å². The summed E-state index contributed by atoms with van der Waals surface area (Å²) in [5.74, 6) is 1.58. The van der Waals surface area contributed by atoms with Crippen molar-refractivity contribution in [3.05, 3.63) is 5.89 Å². The van der Waals surface area contributed by atoms with E-state index in [0.717, 1.165) is 18.8 Å². The van der Waals surface area contributed by atoms with Gasteiger partial charge in [0.05, 0.1) is 0 Å². The maximum Gasteiger partial charge on any atom is 0.318 e. The lowest BCUT2D eigenvalue weighted by Gasteiger charge is -2.36. The summed E-state index contributed by atoms with van der Waals surface area (Å²) in [5.41, 5.74) is 0. The average molecular weight is 262 g/mol. The molecule has 1 fully saturated rings. The summed E-state index contributed by atoms with van der Waals surface area (Å²) in [6.07, 6.45) is 0. The fraction of sp³-hybridized carbons (Fsp3) is 0.800. The summed E-state index contributed by atoms with van der Waals surface area (Å²) >= 11 is 7.87. The third kappa shape index (κ3) is 2.63. The molecular weight excluding hydrogens is 246 g/mol. The van der Waals surface area contributed by atoms with E-state index in [2.05, 4.69) is 28.9 Å². The van der Waals surface area contributed by atoms with Gasteiger partial charge in [-0.2, -0.15) is 11.8 Å². The molecule has 1 aliphatic heterocycles. The largest absolute Gasteiger partial charge is 0.406 e. The average Bonchev–Trinajstić information content (AvgIpc) is 2.64. The first kappa shape index (κ1) is 12.0. The molecule has 90 valence electrons. The van der Waals surface area contributed by atoms with Crippen LogP contribution in [-0.2, 0) is 0 Å². The summed E-state index contributed by atoms with van der Waals surface area (Å²) in [6.45, 7) is 8.16. The van der Waals surface area contributed by atoms with E-state index in [0.29, 0.717) is 11.9 Å². The van der Waals surface area contributed by atoms with Gasteiger partial charge in [0.2, 0.25) is 5.89 Å². The summed E-state index contributed by atoms with van der Waals surface area (Å²) in [5, 5.41) is 7.76. The smallest absolute Gasteiger partial charge is 0.318 e. The Balaban J connectivity index is 2.11. The van der Waals surface area contributed by atoms with Crippen LogP contribution in [0.25, 0.3) is 0 Å². The van der Waals surface area contributed by atoms with Crippen molar-refractivity contribution in [1.82, 2.24) is 10.2 Å². The van der Waals surface area contributed by atoms with Crippen molar-refractivity contribution in [2.75, 3.05) is 23.7 Å². The second-order valence-electron chi connectivity index (χ2n) is 4.57. The summed E-state index contributed by atoms with van der Waals surface area (Å²) < 4.78 is 5.78. The van der Waals surface area contributed by atoms with Gasteiger partial charge in [-0.25, -0.2) is 0 Å². The van der Waals surface area contributed by atoms with Gasteiger partial charge in [0.25, 0.3) is 0 Å². The molecule has 0 bridgehead atoms. The van der Waals surface area contributed by atoms with E-state index < -0.39 is 0 Å². The van der Waals surface area contributed by atoms with Gasteiger partial charge >= 0.3 is 6.01 Å². The van der Waals surface area contributed by atoms with Gasteiger partial charge in [0, 0.05) is 23.6 Å². The molecule has 0 saturated carbocycles. The zero-order valence-electron chi connectivity index (χ0n) is 9.73. The predicted molar refractivity (Wildman–Crippen MR) is 67.3 cm³/mol. The van der Waals surface area contributed by atoms with Gasteiger partial charge < -0.3 is 9.32 Å². The molecule has 2 heterocycles. The molecule has 0 N–H and O–H groups in total.